The quantitative estimate of drug-likeness (QED) is 0.472. The average molecular weight is 267 g/mol. The Morgan fingerprint density at radius 2 is 2.00 bits per heavy atom. The molecule has 106 valence electrons. The van der Waals surface area contributed by atoms with Gasteiger partial charge in [-0.3, -0.25) is 4.99 Å². The molecule has 2 N–H and O–H groups in total. The number of hydrogen-bond donors (Lipinski definition) is 2. The lowest BCUT2D eigenvalue weighted by Crippen LogP contribution is -2.41. The highest BCUT2D eigenvalue weighted by atomic mass is 19.1. The molecule has 0 radical (unpaired) electrons. The standard InChI is InChI=1S/C14H22FN3O/c1-11(2)18-14(16-3)17-9-4-10-19-13-7-5-12(15)6-8-13/h5-8,11H,4,9-10H2,1-3H3,(H2,16,17,18). The van der Waals surface area contributed by atoms with Crippen molar-refractivity contribution in [1.29, 1.82) is 0 Å². The summed E-state index contributed by atoms with van der Waals surface area (Å²) in [6, 6.07) is 6.38. The molecule has 0 spiro atoms. The molecule has 19 heavy (non-hydrogen) atoms. The van der Waals surface area contributed by atoms with Crippen LogP contribution in [0.4, 0.5) is 4.39 Å². The monoisotopic (exact) mass is 267 g/mol. The van der Waals surface area contributed by atoms with E-state index in [0.717, 1.165) is 18.9 Å². The van der Waals surface area contributed by atoms with E-state index >= 15 is 0 Å². The molecule has 0 aromatic heterocycles. The zero-order valence-corrected chi connectivity index (χ0v) is 11.7. The van der Waals surface area contributed by atoms with E-state index in [1.807, 2.05) is 0 Å². The van der Waals surface area contributed by atoms with Crippen LogP contribution in [0.15, 0.2) is 29.3 Å². The lowest BCUT2D eigenvalue weighted by Gasteiger charge is -2.14. The first-order chi connectivity index (χ1) is 9.11. The molecule has 0 aliphatic heterocycles. The van der Waals surface area contributed by atoms with Crippen molar-refractivity contribution >= 4 is 5.96 Å². The maximum absolute atomic E-state index is 12.7. The van der Waals surface area contributed by atoms with Gasteiger partial charge in [-0.2, -0.15) is 0 Å². The van der Waals surface area contributed by atoms with Crippen molar-refractivity contribution in [2.45, 2.75) is 26.3 Å². The average Bonchev–Trinajstić information content (AvgIpc) is 2.38. The number of benzene rings is 1. The van der Waals surface area contributed by atoms with Gasteiger partial charge in [-0.1, -0.05) is 0 Å². The second-order valence-corrected chi connectivity index (χ2v) is 4.45. The van der Waals surface area contributed by atoms with E-state index in [1.165, 1.54) is 12.1 Å². The Hall–Kier alpha value is -1.78. The van der Waals surface area contributed by atoms with Crippen LogP contribution in [0.3, 0.4) is 0 Å². The lowest BCUT2D eigenvalue weighted by molar-refractivity contribution is 0.310. The first kappa shape index (κ1) is 15.3. The Balaban J connectivity index is 2.15. The molecule has 0 unspecified atom stereocenters. The van der Waals surface area contributed by atoms with Crippen molar-refractivity contribution in [3.8, 4) is 5.75 Å². The van der Waals surface area contributed by atoms with Gasteiger partial charge in [-0.05, 0) is 44.5 Å². The molecule has 0 amide bonds. The number of hydrogen-bond acceptors (Lipinski definition) is 2. The van der Waals surface area contributed by atoms with Crippen molar-refractivity contribution < 1.29 is 9.13 Å². The van der Waals surface area contributed by atoms with E-state index in [2.05, 4.69) is 29.5 Å². The number of rotatable bonds is 6. The first-order valence-corrected chi connectivity index (χ1v) is 6.47. The topological polar surface area (TPSA) is 45.7 Å². The molecule has 4 nitrogen and oxygen atoms in total. The smallest absolute Gasteiger partial charge is 0.191 e. The summed E-state index contributed by atoms with van der Waals surface area (Å²) in [5.41, 5.74) is 0. The van der Waals surface area contributed by atoms with Gasteiger partial charge < -0.3 is 15.4 Å². The molecule has 5 heteroatoms. The molecule has 1 aromatic rings. The molecule has 0 saturated heterocycles. The minimum Gasteiger partial charge on any atom is -0.494 e. The van der Waals surface area contributed by atoms with Crippen molar-refractivity contribution in [3.63, 3.8) is 0 Å². The van der Waals surface area contributed by atoms with Gasteiger partial charge in [0.2, 0.25) is 0 Å². The van der Waals surface area contributed by atoms with Crippen LogP contribution in [0, 0.1) is 5.82 Å². The molecular formula is C14H22FN3O. The SMILES string of the molecule is CN=C(NCCCOc1ccc(F)cc1)NC(C)C. The summed E-state index contributed by atoms with van der Waals surface area (Å²) in [5.74, 6) is 1.22. The number of nitrogens with zero attached hydrogens (tertiary/aromatic N) is 1. The van der Waals surface area contributed by atoms with E-state index in [4.69, 9.17) is 4.74 Å². The highest BCUT2D eigenvalue weighted by molar-refractivity contribution is 5.79. The van der Waals surface area contributed by atoms with Crippen LogP contribution in [0.1, 0.15) is 20.3 Å². The Labute approximate surface area is 114 Å². The number of aliphatic imine (C=N–C) groups is 1. The number of halogens is 1. The van der Waals surface area contributed by atoms with Crippen molar-refractivity contribution in [2.75, 3.05) is 20.2 Å². The molecule has 0 aliphatic carbocycles. The van der Waals surface area contributed by atoms with E-state index < -0.39 is 0 Å². The number of ether oxygens (including phenoxy) is 1. The minimum atomic E-state index is -0.252. The molecule has 0 aliphatic rings. The summed E-state index contributed by atoms with van der Waals surface area (Å²) in [7, 11) is 1.74. The maximum atomic E-state index is 12.7. The fraction of sp³-hybridized carbons (Fsp3) is 0.500. The second kappa shape index (κ2) is 8.34. The lowest BCUT2D eigenvalue weighted by atomic mass is 10.3. The van der Waals surface area contributed by atoms with E-state index in [-0.39, 0.29) is 5.82 Å². The second-order valence-electron chi connectivity index (χ2n) is 4.45. The Bertz CT molecular complexity index is 390. The van der Waals surface area contributed by atoms with Crippen LogP contribution < -0.4 is 15.4 Å². The van der Waals surface area contributed by atoms with Gasteiger partial charge in [-0.15, -0.1) is 0 Å². The highest BCUT2D eigenvalue weighted by Crippen LogP contribution is 2.10. The van der Waals surface area contributed by atoms with E-state index in [9.17, 15) is 4.39 Å². The molecule has 1 rings (SSSR count). The Morgan fingerprint density at radius 3 is 2.58 bits per heavy atom. The third kappa shape index (κ3) is 6.64. The first-order valence-electron chi connectivity index (χ1n) is 6.47. The number of nitrogens with one attached hydrogen (secondary N) is 2. The predicted octanol–water partition coefficient (Wildman–Crippen LogP) is 2.17. The summed E-state index contributed by atoms with van der Waals surface area (Å²) in [4.78, 5) is 4.11. The van der Waals surface area contributed by atoms with Crippen LogP contribution >= 0.6 is 0 Å². The minimum absolute atomic E-state index is 0.252. The Kier molecular flexibility index (Phi) is 6.71. The summed E-state index contributed by atoms with van der Waals surface area (Å²) < 4.78 is 18.2. The fourth-order valence-corrected chi connectivity index (χ4v) is 1.47. The molecule has 1 aromatic carbocycles. The summed E-state index contributed by atoms with van der Waals surface area (Å²) in [6.07, 6.45) is 0.843. The molecule has 0 heterocycles. The van der Waals surface area contributed by atoms with Gasteiger partial charge in [0.25, 0.3) is 0 Å². The van der Waals surface area contributed by atoms with Crippen molar-refractivity contribution in [3.05, 3.63) is 30.1 Å². The third-order valence-corrected chi connectivity index (χ3v) is 2.34. The molecule has 0 bridgehead atoms. The normalized spacial score (nSPS) is 11.5. The predicted molar refractivity (Wildman–Crippen MR) is 76.1 cm³/mol. The molecule has 0 saturated carbocycles. The van der Waals surface area contributed by atoms with Gasteiger partial charge in [0.1, 0.15) is 11.6 Å². The highest BCUT2D eigenvalue weighted by Gasteiger charge is 1.99. The Morgan fingerprint density at radius 1 is 1.32 bits per heavy atom. The van der Waals surface area contributed by atoms with E-state index in [0.29, 0.717) is 18.4 Å². The van der Waals surface area contributed by atoms with Gasteiger partial charge in [0, 0.05) is 19.6 Å². The maximum Gasteiger partial charge on any atom is 0.191 e. The summed E-state index contributed by atoms with van der Waals surface area (Å²) in [5, 5.41) is 6.40. The van der Waals surface area contributed by atoms with E-state index in [1.54, 1.807) is 19.2 Å². The molecular weight excluding hydrogens is 245 g/mol. The molecule has 0 fully saturated rings. The zero-order valence-electron chi connectivity index (χ0n) is 11.7. The molecule has 0 atom stereocenters. The largest absolute Gasteiger partial charge is 0.494 e. The van der Waals surface area contributed by atoms with Crippen molar-refractivity contribution in [1.82, 2.24) is 10.6 Å². The summed E-state index contributed by atoms with van der Waals surface area (Å²) in [6.45, 7) is 5.47. The van der Waals surface area contributed by atoms with Crippen LogP contribution in [0.2, 0.25) is 0 Å². The van der Waals surface area contributed by atoms with Gasteiger partial charge in [0.05, 0.1) is 6.61 Å². The number of guanidine groups is 1. The van der Waals surface area contributed by atoms with Crippen molar-refractivity contribution in [2.24, 2.45) is 4.99 Å². The van der Waals surface area contributed by atoms with Crippen LogP contribution in [-0.4, -0.2) is 32.2 Å². The zero-order chi connectivity index (χ0) is 14.1. The van der Waals surface area contributed by atoms with Gasteiger partial charge in [-0.25, -0.2) is 4.39 Å². The van der Waals surface area contributed by atoms with Crippen LogP contribution in [0.5, 0.6) is 5.75 Å². The van der Waals surface area contributed by atoms with Gasteiger partial charge >= 0.3 is 0 Å². The van der Waals surface area contributed by atoms with Crippen LogP contribution in [-0.2, 0) is 0 Å². The van der Waals surface area contributed by atoms with Crippen LogP contribution in [0.25, 0.3) is 0 Å². The van der Waals surface area contributed by atoms with Gasteiger partial charge in [0.15, 0.2) is 5.96 Å². The fourth-order valence-electron chi connectivity index (χ4n) is 1.47. The third-order valence-electron chi connectivity index (χ3n) is 2.34. The summed E-state index contributed by atoms with van der Waals surface area (Å²) >= 11 is 0.